The Morgan fingerprint density at radius 2 is 2.25 bits per heavy atom. The summed E-state index contributed by atoms with van der Waals surface area (Å²) in [7, 11) is 0. The van der Waals surface area contributed by atoms with Gasteiger partial charge in [0.15, 0.2) is 0 Å². The Kier molecular flexibility index (Phi) is 4.20. The summed E-state index contributed by atoms with van der Waals surface area (Å²) >= 11 is 12.0. The molecule has 20 heavy (non-hydrogen) atoms. The van der Waals surface area contributed by atoms with Gasteiger partial charge >= 0.3 is 0 Å². The summed E-state index contributed by atoms with van der Waals surface area (Å²) in [5, 5.41) is 11.5. The minimum atomic E-state index is -0.693. The highest BCUT2D eigenvalue weighted by atomic mass is 35.5. The summed E-state index contributed by atoms with van der Waals surface area (Å²) in [6.07, 6.45) is 3.27. The molecule has 2 fully saturated rings. The van der Waals surface area contributed by atoms with Gasteiger partial charge in [0, 0.05) is 25.8 Å². The molecular formula is C14H17Cl2NO3. The molecule has 0 bridgehead atoms. The van der Waals surface area contributed by atoms with Crippen molar-refractivity contribution in [3.63, 3.8) is 0 Å². The Hall–Kier alpha value is -0.390. The molecule has 3 unspecified atom stereocenters. The monoisotopic (exact) mass is 317 g/mol. The molecule has 0 saturated carbocycles. The van der Waals surface area contributed by atoms with Crippen molar-refractivity contribution in [1.29, 1.82) is 0 Å². The molecule has 110 valence electrons. The predicted molar refractivity (Wildman–Crippen MR) is 76.1 cm³/mol. The fourth-order valence-electron chi connectivity index (χ4n) is 3.06. The average Bonchev–Trinajstić information content (AvgIpc) is 2.86. The number of aromatic nitrogens is 1. The van der Waals surface area contributed by atoms with Crippen LogP contribution in [0.1, 0.15) is 31.1 Å². The minimum absolute atomic E-state index is 0.0802. The second kappa shape index (κ2) is 5.78. The Morgan fingerprint density at radius 1 is 1.40 bits per heavy atom. The number of rotatable bonds is 2. The topological polar surface area (TPSA) is 51.6 Å². The zero-order chi connectivity index (χ0) is 14.2. The lowest BCUT2D eigenvalue weighted by Gasteiger charge is -2.38. The maximum absolute atomic E-state index is 10.6. The fraction of sp³-hybridized carbons (Fsp3) is 0.643. The summed E-state index contributed by atoms with van der Waals surface area (Å²) in [5.74, 6) is 0.0802. The van der Waals surface area contributed by atoms with Gasteiger partial charge in [-0.15, -0.1) is 0 Å². The molecule has 2 saturated heterocycles. The van der Waals surface area contributed by atoms with Crippen molar-refractivity contribution in [3.05, 3.63) is 28.0 Å². The van der Waals surface area contributed by atoms with Crippen LogP contribution in [0, 0.1) is 5.92 Å². The second-order valence-corrected chi connectivity index (χ2v) is 6.40. The highest BCUT2D eigenvalue weighted by Gasteiger charge is 2.43. The van der Waals surface area contributed by atoms with Crippen LogP contribution >= 0.6 is 23.2 Å². The number of aliphatic hydroxyl groups is 1. The predicted octanol–water partition coefficient (Wildman–Crippen LogP) is 3.01. The largest absolute Gasteiger partial charge is 0.386 e. The number of halogens is 2. The maximum Gasteiger partial charge on any atom is 0.100 e. The van der Waals surface area contributed by atoms with E-state index >= 15 is 0 Å². The molecule has 3 atom stereocenters. The van der Waals surface area contributed by atoms with E-state index in [0.29, 0.717) is 29.0 Å². The zero-order valence-corrected chi connectivity index (χ0v) is 12.5. The van der Waals surface area contributed by atoms with Gasteiger partial charge in [0.05, 0.1) is 27.9 Å². The van der Waals surface area contributed by atoms with Gasteiger partial charge in [-0.25, -0.2) is 0 Å². The molecule has 0 amide bonds. The first-order valence-electron chi connectivity index (χ1n) is 6.80. The van der Waals surface area contributed by atoms with Crippen LogP contribution in [0.2, 0.25) is 10.0 Å². The van der Waals surface area contributed by atoms with Crippen LogP contribution in [0.25, 0.3) is 0 Å². The van der Waals surface area contributed by atoms with Crippen LogP contribution in [0.5, 0.6) is 0 Å². The molecule has 3 heterocycles. The summed E-state index contributed by atoms with van der Waals surface area (Å²) in [5.41, 5.74) is 0.264. The number of ether oxygens (including phenoxy) is 2. The number of aliphatic hydroxyl groups excluding tert-OH is 1. The first kappa shape index (κ1) is 14.5. The molecule has 3 rings (SSSR count). The Balaban J connectivity index is 1.77. The molecule has 2 aliphatic heterocycles. The first-order valence-corrected chi connectivity index (χ1v) is 7.56. The number of nitrogens with zero attached hydrogens (tertiary/aromatic N) is 1. The van der Waals surface area contributed by atoms with Crippen molar-refractivity contribution in [2.45, 2.75) is 31.0 Å². The van der Waals surface area contributed by atoms with Crippen LogP contribution in [0.15, 0.2) is 12.3 Å². The number of pyridine rings is 1. The van der Waals surface area contributed by atoms with Gasteiger partial charge in [-0.2, -0.15) is 0 Å². The summed E-state index contributed by atoms with van der Waals surface area (Å²) in [6, 6.07) is 1.61. The van der Waals surface area contributed by atoms with Crippen molar-refractivity contribution in [1.82, 2.24) is 4.98 Å². The average molecular weight is 318 g/mol. The third-order valence-corrected chi connectivity index (χ3v) is 4.67. The van der Waals surface area contributed by atoms with E-state index in [-0.39, 0.29) is 11.5 Å². The van der Waals surface area contributed by atoms with E-state index in [2.05, 4.69) is 4.98 Å². The van der Waals surface area contributed by atoms with E-state index < -0.39 is 6.10 Å². The SMILES string of the molecule is OC(c1ncc(Cl)cc1Cl)C1CCOC2(CCOC2)C1. The molecule has 1 aromatic heterocycles. The van der Waals surface area contributed by atoms with Crippen molar-refractivity contribution in [2.75, 3.05) is 19.8 Å². The molecule has 1 spiro atoms. The second-order valence-electron chi connectivity index (χ2n) is 5.55. The first-order chi connectivity index (χ1) is 9.60. The lowest BCUT2D eigenvalue weighted by Crippen LogP contribution is -2.42. The van der Waals surface area contributed by atoms with Crippen molar-refractivity contribution < 1.29 is 14.6 Å². The van der Waals surface area contributed by atoms with E-state index in [1.54, 1.807) is 6.07 Å². The number of hydrogen-bond acceptors (Lipinski definition) is 4. The van der Waals surface area contributed by atoms with Gasteiger partial charge in [0.25, 0.3) is 0 Å². The molecule has 0 aromatic carbocycles. The number of hydrogen-bond donors (Lipinski definition) is 1. The van der Waals surface area contributed by atoms with Gasteiger partial charge in [0.2, 0.25) is 0 Å². The Bertz CT molecular complexity index is 491. The highest BCUT2D eigenvalue weighted by molar-refractivity contribution is 6.34. The fourth-order valence-corrected chi connectivity index (χ4v) is 3.56. The molecule has 0 radical (unpaired) electrons. The highest BCUT2D eigenvalue weighted by Crippen LogP contribution is 2.41. The molecule has 4 nitrogen and oxygen atoms in total. The molecule has 1 aromatic rings. The summed E-state index contributed by atoms with van der Waals surface area (Å²) in [4.78, 5) is 4.18. The van der Waals surface area contributed by atoms with Crippen LogP contribution in [0.4, 0.5) is 0 Å². The van der Waals surface area contributed by atoms with Crippen LogP contribution in [-0.2, 0) is 9.47 Å². The normalized spacial score (nSPS) is 31.6. The zero-order valence-electron chi connectivity index (χ0n) is 11.0. The van der Waals surface area contributed by atoms with E-state index in [9.17, 15) is 5.11 Å². The van der Waals surface area contributed by atoms with E-state index in [1.807, 2.05) is 0 Å². The van der Waals surface area contributed by atoms with Crippen LogP contribution in [0.3, 0.4) is 0 Å². The van der Waals surface area contributed by atoms with E-state index in [1.165, 1.54) is 6.20 Å². The molecule has 1 N–H and O–H groups in total. The van der Waals surface area contributed by atoms with Crippen molar-refractivity contribution in [3.8, 4) is 0 Å². The smallest absolute Gasteiger partial charge is 0.100 e. The summed E-state index contributed by atoms with van der Waals surface area (Å²) in [6.45, 7) is 1.97. The van der Waals surface area contributed by atoms with Crippen molar-refractivity contribution in [2.24, 2.45) is 5.92 Å². The maximum atomic E-state index is 10.6. The van der Waals surface area contributed by atoms with Gasteiger partial charge in [-0.3, -0.25) is 4.98 Å². The molecule has 6 heteroatoms. The quantitative estimate of drug-likeness (QED) is 0.911. The standard InChI is InChI=1S/C14H17Cl2NO3/c15-10-5-11(16)12(17-7-10)13(18)9-1-3-20-14(6-9)2-4-19-8-14/h5,7,9,13,18H,1-4,6,8H2. The lowest BCUT2D eigenvalue weighted by molar-refractivity contribution is -0.117. The van der Waals surface area contributed by atoms with Gasteiger partial charge in [-0.1, -0.05) is 23.2 Å². The van der Waals surface area contributed by atoms with Crippen molar-refractivity contribution >= 4 is 23.2 Å². The van der Waals surface area contributed by atoms with Crippen LogP contribution < -0.4 is 0 Å². The molecule has 2 aliphatic rings. The summed E-state index contributed by atoms with van der Waals surface area (Å²) < 4.78 is 11.3. The lowest BCUT2D eigenvalue weighted by atomic mass is 9.81. The third-order valence-electron chi connectivity index (χ3n) is 4.16. The molecular weight excluding hydrogens is 301 g/mol. The Morgan fingerprint density at radius 3 is 2.95 bits per heavy atom. The van der Waals surface area contributed by atoms with Crippen LogP contribution in [-0.4, -0.2) is 35.5 Å². The van der Waals surface area contributed by atoms with E-state index in [4.69, 9.17) is 32.7 Å². The van der Waals surface area contributed by atoms with Gasteiger partial charge in [0.1, 0.15) is 6.10 Å². The minimum Gasteiger partial charge on any atom is -0.386 e. The third kappa shape index (κ3) is 2.81. The van der Waals surface area contributed by atoms with E-state index in [0.717, 1.165) is 25.9 Å². The van der Waals surface area contributed by atoms with Gasteiger partial charge in [-0.05, 0) is 24.8 Å². The van der Waals surface area contributed by atoms with Gasteiger partial charge < -0.3 is 14.6 Å². The molecule has 0 aliphatic carbocycles. The Labute approximate surface area is 128 Å².